The average molecular weight is 1020 g/mol. The molecule has 8 heteroatoms. The minimum Gasteiger partial charge on any atom is -0.446 e. The summed E-state index contributed by atoms with van der Waals surface area (Å²) >= 11 is 0. The Morgan fingerprint density at radius 3 is 1.00 bits per heavy atom. The van der Waals surface area contributed by atoms with Gasteiger partial charge in [-0.25, -0.2) is 0 Å². The van der Waals surface area contributed by atoms with E-state index in [0.29, 0.717) is 31.3 Å². The molecule has 0 heterocycles. The summed E-state index contributed by atoms with van der Waals surface area (Å²) in [5.41, 5.74) is 1.76. The molecule has 0 aromatic rings. The summed E-state index contributed by atoms with van der Waals surface area (Å²) < 4.78 is 12.0. The fourth-order valence-electron chi connectivity index (χ4n) is 15.7. The van der Waals surface area contributed by atoms with Crippen LogP contribution in [-0.4, -0.2) is 47.3 Å². The highest BCUT2D eigenvalue weighted by atomic mass is 16.6. The molecule has 7 unspecified atom stereocenters. The number of ether oxygens (including phenoxy) is 2. The number of Topliss-reactive ketones (excluding diaryl/α,β-unsaturated/α-hetero) is 4. The van der Waals surface area contributed by atoms with Gasteiger partial charge in [-0.1, -0.05) is 182 Å². The van der Waals surface area contributed by atoms with Crippen LogP contribution in [0.25, 0.3) is 0 Å². The number of allylic oxidation sites excluding steroid dienone is 3. The van der Waals surface area contributed by atoms with Crippen LogP contribution < -0.4 is 0 Å². The number of rotatable bonds is 26. The maximum atomic E-state index is 14.9. The Bertz CT molecular complexity index is 1930. The van der Waals surface area contributed by atoms with Crippen molar-refractivity contribution in [1.29, 1.82) is 0 Å². The maximum Gasteiger partial charge on any atom is 0.322 e. The van der Waals surface area contributed by atoms with Gasteiger partial charge in [-0.15, -0.1) is 0 Å². The van der Waals surface area contributed by atoms with E-state index >= 15 is 0 Å². The molecule has 7 atom stereocenters. The second-order valence-corrected chi connectivity index (χ2v) is 32.5. The van der Waals surface area contributed by atoms with Crippen molar-refractivity contribution in [3.8, 4) is 0 Å². The van der Waals surface area contributed by atoms with Gasteiger partial charge in [0.1, 0.15) is 0 Å². The predicted molar refractivity (Wildman–Crippen MR) is 302 cm³/mol. The molecule has 0 bridgehead atoms. The van der Waals surface area contributed by atoms with Crippen LogP contribution in [-0.2, 0) is 38.2 Å². The van der Waals surface area contributed by atoms with Gasteiger partial charge in [-0.2, -0.15) is 0 Å². The van der Waals surface area contributed by atoms with E-state index in [4.69, 9.17) is 9.47 Å². The van der Waals surface area contributed by atoms with E-state index in [9.17, 15) is 28.8 Å². The Morgan fingerprint density at radius 1 is 0.452 bits per heavy atom. The van der Waals surface area contributed by atoms with Gasteiger partial charge in [0.25, 0.3) is 0 Å². The van der Waals surface area contributed by atoms with Gasteiger partial charge in [0.15, 0.2) is 29.1 Å². The zero-order valence-corrected chi connectivity index (χ0v) is 51.5. The molecule has 2 saturated carbocycles. The highest BCUT2D eigenvalue weighted by Crippen LogP contribution is 2.50. The number of carbonyl (C=O) groups is 6. The fraction of sp³-hybridized carbons (Fsp3) is 0.815. The Kier molecular flexibility index (Phi) is 21.3. The van der Waals surface area contributed by atoms with Crippen molar-refractivity contribution >= 4 is 35.1 Å². The Morgan fingerprint density at radius 2 is 0.740 bits per heavy atom. The molecule has 0 aromatic carbocycles. The Balaban J connectivity index is 2.60. The van der Waals surface area contributed by atoms with E-state index in [1.807, 2.05) is 13.8 Å². The monoisotopic (exact) mass is 1020 g/mol. The van der Waals surface area contributed by atoms with Crippen molar-refractivity contribution < 1.29 is 38.2 Å². The third-order valence-corrected chi connectivity index (χ3v) is 15.5. The van der Waals surface area contributed by atoms with E-state index < -0.39 is 71.0 Å². The standard InChI is InChI=1S/C65H110O8/c1-40(2)43(28-29-60(16,17)37-63(22,23)34-57(7,8)9)50(55(70)72-53-48(66)30-44(51(53)68)46(41(3)4)32-61(18,19)38-64(24,25)35-58(10,11)12)56(71)73-54-49(67)31-45(52(54)69)47(42(5)6)33-62(20,21)39-65(26,27)36-59(13,14)15/h43-47,50,53-54H,1,3,5,28-39H2,2,4,6-27H3. The van der Waals surface area contributed by atoms with Crippen LogP contribution in [0, 0.1) is 84.2 Å². The third-order valence-electron chi connectivity index (χ3n) is 15.5. The summed E-state index contributed by atoms with van der Waals surface area (Å²) in [6.07, 6.45) is 4.11. The fourth-order valence-corrected chi connectivity index (χ4v) is 15.7. The molecule has 0 saturated heterocycles. The predicted octanol–water partition coefficient (Wildman–Crippen LogP) is 16.5. The van der Waals surface area contributed by atoms with Crippen molar-refractivity contribution in [2.24, 2.45) is 84.2 Å². The molecule has 73 heavy (non-hydrogen) atoms. The number of carbonyl (C=O) groups excluding carboxylic acids is 6. The highest BCUT2D eigenvalue weighted by Gasteiger charge is 2.53. The van der Waals surface area contributed by atoms with Gasteiger partial charge in [-0.3, -0.25) is 28.8 Å². The van der Waals surface area contributed by atoms with E-state index in [-0.39, 0.29) is 73.4 Å². The van der Waals surface area contributed by atoms with Gasteiger partial charge < -0.3 is 9.47 Å². The van der Waals surface area contributed by atoms with Crippen molar-refractivity contribution in [3.63, 3.8) is 0 Å². The SMILES string of the molecule is C=C(C)C(CC(C)(C)CC(C)(C)CC(C)(C)C)C1CC(=O)C(OC(=O)C(C(=O)OC2C(=O)CC(C(CC(C)(C)CC(C)(C)CC(C)(C)C)C(=C)C)C2=O)C(CCC(C)(C)CC(C)(C)CC(C)(C)C)C(=C)C)C1=O. The molecule has 2 aliphatic rings. The summed E-state index contributed by atoms with van der Waals surface area (Å²) in [7, 11) is 0. The van der Waals surface area contributed by atoms with Crippen molar-refractivity contribution in [3.05, 3.63) is 36.5 Å². The molecular weight excluding hydrogens is 909 g/mol. The Labute approximate surface area is 447 Å². The summed E-state index contributed by atoms with van der Waals surface area (Å²) in [4.78, 5) is 86.8. The number of esters is 2. The molecule has 2 aliphatic carbocycles. The normalized spacial score (nSPS) is 21.8. The van der Waals surface area contributed by atoms with E-state index in [0.717, 1.165) is 49.7 Å². The third kappa shape index (κ3) is 21.1. The lowest BCUT2D eigenvalue weighted by atomic mass is 9.64. The maximum absolute atomic E-state index is 14.9. The van der Waals surface area contributed by atoms with Gasteiger partial charge in [-0.05, 0) is 146 Å². The molecule has 0 N–H and O–H groups in total. The van der Waals surface area contributed by atoms with Gasteiger partial charge in [0.05, 0.1) is 0 Å². The lowest BCUT2D eigenvalue weighted by molar-refractivity contribution is -0.175. The quantitative estimate of drug-likeness (QED) is 0.0477. The zero-order chi connectivity index (χ0) is 57.2. The van der Waals surface area contributed by atoms with Gasteiger partial charge in [0.2, 0.25) is 12.2 Å². The minimum absolute atomic E-state index is 0.0112. The second-order valence-electron chi connectivity index (χ2n) is 32.5. The lowest BCUT2D eigenvalue weighted by Crippen LogP contribution is -2.43. The second kappa shape index (κ2) is 23.6. The lowest BCUT2D eigenvalue weighted by Gasteiger charge is -2.41. The first-order valence-electron chi connectivity index (χ1n) is 27.9. The van der Waals surface area contributed by atoms with Gasteiger partial charge >= 0.3 is 11.9 Å². The summed E-state index contributed by atoms with van der Waals surface area (Å²) in [5.74, 6) is -9.00. The van der Waals surface area contributed by atoms with E-state index in [1.54, 1.807) is 6.92 Å². The van der Waals surface area contributed by atoms with Crippen molar-refractivity contribution in [2.45, 2.75) is 255 Å². The van der Waals surface area contributed by atoms with Crippen molar-refractivity contribution in [1.82, 2.24) is 0 Å². The van der Waals surface area contributed by atoms with Crippen LogP contribution in [0.3, 0.4) is 0 Å². The van der Waals surface area contributed by atoms with Crippen LogP contribution in [0.4, 0.5) is 0 Å². The van der Waals surface area contributed by atoms with Crippen molar-refractivity contribution in [2.75, 3.05) is 0 Å². The van der Waals surface area contributed by atoms with Crippen LogP contribution in [0.15, 0.2) is 36.5 Å². The number of hydrogen-bond acceptors (Lipinski definition) is 8. The first-order chi connectivity index (χ1) is 32.4. The minimum atomic E-state index is -1.72. The van der Waals surface area contributed by atoms with Gasteiger partial charge in [0, 0.05) is 30.6 Å². The largest absolute Gasteiger partial charge is 0.446 e. The molecule has 418 valence electrons. The molecule has 0 radical (unpaired) electrons. The topological polar surface area (TPSA) is 121 Å². The molecule has 0 aliphatic heterocycles. The van der Waals surface area contributed by atoms with E-state index in [2.05, 4.69) is 165 Å². The first-order valence-corrected chi connectivity index (χ1v) is 27.9. The summed E-state index contributed by atoms with van der Waals surface area (Å²) in [6.45, 7) is 65.3. The molecule has 2 rings (SSSR count). The van der Waals surface area contributed by atoms with Crippen LogP contribution in [0.5, 0.6) is 0 Å². The molecule has 2 fully saturated rings. The molecular formula is C65H110O8. The molecule has 0 aromatic heterocycles. The summed E-state index contributed by atoms with van der Waals surface area (Å²) in [5, 5.41) is 0. The molecule has 0 spiro atoms. The average Bonchev–Trinajstić information content (AvgIpc) is 3.54. The van der Waals surface area contributed by atoms with Crippen LogP contribution in [0.2, 0.25) is 0 Å². The van der Waals surface area contributed by atoms with Crippen LogP contribution in [0.1, 0.15) is 243 Å². The summed E-state index contributed by atoms with van der Waals surface area (Å²) in [6, 6.07) is 0. The molecule has 0 amide bonds. The first kappa shape index (κ1) is 66.0. The smallest absolute Gasteiger partial charge is 0.322 e. The van der Waals surface area contributed by atoms with Crippen LogP contribution >= 0.6 is 0 Å². The molecule has 8 nitrogen and oxygen atoms in total. The Hall–Kier alpha value is -3.16. The highest BCUT2D eigenvalue weighted by molar-refractivity contribution is 6.16. The number of ketones is 4. The zero-order valence-electron chi connectivity index (χ0n) is 51.5. The number of hydrogen-bond donors (Lipinski definition) is 0. The van der Waals surface area contributed by atoms with E-state index in [1.165, 1.54) is 0 Å².